The molecule has 0 saturated heterocycles. The number of fused-ring (bicyclic) bond motifs is 1. The van der Waals surface area contributed by atoms with Crippen LogP contribution in [0.3, 0.4) is 0 Å². The minimum atomic E-state index is -0.289. The van der Waals surface area contributed by atoms with Crippen molar-refractivity contribution in [1.82, 2.24) is 9.55 Å². The van der Waals surface area contributed by atoms with E-state index in [9.17, 15) is 0 Å². The van der Waals surface area contributed by atoms with E-state index in [1.54, 1.807) is 0 Å². The van der Waals surface area contributed by atoms with Crippen LogP contribution in [-0.4, -0.2) is 9.55 Å². The lowest BCUT2D eigenvalue weighted by Gasteiger charge is -2.36. The largest absolute Gasteiger partial charge is 0.322 e. The van der Waals surface area contributed by atoms with Crippen LogP contribution in [0, 0.1) is 5.92 Å². The number of para-hydroxylation sites is 1. The Bertz CT molecular complexity index is 689. The number of hydrogen-bond acceptors (Lipinski definition) is 2. The van der Waals surface area contributed by atoms with Gasteiger partial charge in [-0.2, -0.15) is 0 Å². The molecule has 4 rings (SSSR count). The van der Waals surface area contributed by atoms with E-state index in [0.717, 1.165) is 34.7 Å². The number of benzene rings is 1. The maximum atomic E-state index is 6.82. The van der Waals surface area contributed by atoms with E-state index in [1.807, 2.05) is 12.1 Å². The molecular formula is C17H22ClN3. The molecule has 2 atom stereocenters. The van der Waals surface area contributed by atoms with Crippen molar-refractivity contribution < 1.29 is 0 Å². The second-order valence-electron chi connectivity index (χ2n) is 7.00. The molecule has 0 aliphatic heterocycles. The molecule has 1 heterocycles. The van der Waals surface area contributed by atoms with Crippen molar-refractivity contribution in [1.29, 1.82) is 0 Å². The monoisotopic (exact) mass is 303 g/mol. The molecule has 2 saturated carbocycles. The average Bonchev–Trinajstić information content (AvgIpc) is 3.19. The zero-order valence-corrected chi connectivity index (χ0v) is 13.2. The molecule has 2 fully saturated rings. The van der Waals surface area contributed by atoms with E-state index >= 15 is 0 Å². The number of hydrogen-bond donors (Lipinski definition) is 1. The molecule has 0 radical (unpaired) electrons. The zero-order valence-electron chi connectivity index (χ0n) is 12.5. The van der Waals surface area contributed by atoms with Crippen LogP contribution in [0.5, 0.6) is 0 Å². The maximum Gasteiger partial charge on any atom is 0.130 e. The average molecular weight is 304 g/mol. The third-order valence-electron chi connectivity index (χ3n) is 5.05. The zero-order chi connectivity index (χ0) is 14.6. The first-order chi connectivity index (χ1) is 10.1. The van der Waals surface area contributed by atoms with Crippen molar-refractivity contribution >= 4 is 22.6 Å². The predicted molar refractivity (Wildman–Crippen MR) is 86.5 cm³/mol. The third kappa shape index (κ3) is 2.18. The minimum absolute atomic E-state index is 0.289. The molecule has 21 heavy (non-hydrogen) atoms. The lowest BCUT2D eigenvalue weighted by Crippen LogP contribution is -2.43. The lowest BCUT2D eigenvalue weighted by atomic mass is 9.76. The highest BCUT2D eigenvalue weighted by Gasteiger charge is 2.40. The Labute approximate surface area is 130 Å². The van der Waals surface area contributed by atoms with Crippen molar-refractivity contribution in [3.63, 3.8) is 0 Å². The van der Waals surface area contributed by atoms with E-state index < -0.39 is 0 Å². The molecule has 2 aliphatic carbocycles. The standard InChI is InChI=1S/C17H22ClN3/c1-11-4-3-9-17(19,10-11)16-20-14-6-2-5-13(18)15(14)21(16)12-7-8-12/h2,5-6,11-12H,3-4,7-10,19H2,1H3. The van der Waals surface area contributed by atoms with Crippen molar-refractivity contribution in [2.45, 2.75) is 57.0 Å². The molecule has 4 heteroatoms. The van der Waals surface area contributed by atoms with Gasteiger partial charge < -0.3 is 10.3 Å². The fourth-order valence-corrected chi connectivity index (χ4v) is 4.20. The van der Waals surface area contributed by atoms with Gasteiger partial charge in [-0.15, -0.1) is 0 Å². The molecule has 2 unspecified atom stereocenters. The Hall–Kier alpha value is -1.06. The van der Waals surface area contributed by atoms with Crippen LogP contribution in [0.4, 0.5) is 0 Å². The van der Waals surface area contributed by atoms with Crippen LogP contribution in [0.25, 0.3) is 11.0 Å². The maximum absolute atomic E-state index is 6.82. The lowest BCUT2D eigenvalue weighted by molar-refractivity contribution is 0.223. The van der Waals surface area contributed by atoms with Gasteiger partial charge >= 0.3 is 0 Å². The van der Waals surface area contributed by atoms with Crippen LogP contribution in [-0.2, 0) is 5.54 Å². The van der Waals surface area contributed by atoms with Gasteiger partial charge in [0.1, 0.15) is 5.82 Å². The van der Waals surface area contributed by atoms with Gasteiger partial charge in [0.05, 0.1) is 21.6 Å². The Morgan fingerprint density at radius 2 is 2.14 bits per heavy atom. The van der Waals surface area contributed by atoms with E-state index in [4.69, 9.17) is 22.3 Å². The molecule has 3 nitrogen and oxygen atoms in total. The number of nitrogens with zero attached hydrogens (tertiary/aromatic N) is 2. The highest BCUT2D eigenvalue weighted by molar-refractivity contribution is 6.35. The molecule has 0 amide bonds. The molecule has 2 aromatic rings. The van der Waals surface area contributed by atoms with Crippen molar-refractivity contribution in [3.05, 3.63) is 29.0 Å². The van der Waals surface area contributed by atoms with Gasteiger partial charge in [0, 0.05) is 6.04 Å². The normalized spacial score (nSPS) is 30.0. The van der Waals surface area contributed by atoms with Gasteiger partial charge in [0.15, 0.2) is 0 Å². The third-order valence-corrected chi connectivity index (χ3v) is 5.36. The minimum Gasteiger partial charge on any atom is -0.322 e. The molecule has 2 aliphatic rings. The number of aromatic nitrogens is 2. The second-order valence-corrected chi connectivity index (χ2v) is 7.41. The quantitative estimate of drug-likeness (QED) is 0.894. The van der Waals surface area contributed by atoms with Crippen molar-refractivity contribution in [2.24, 2.45) is 11.7 Å². The highest BCUT2D eigenvalue weighted by Crippen LogP contribution is 2.45. The Morgan fingerprint density at radius 3 is 2.86 bits per heavy atom. The second kappa shape index (κ2) is 4.72. The molecule has 2 N–H and O–H groups in total. The molecule has 0 spiro atoms. The SMILES string of the molecule is CC1CCCC(N)(c2nc3cccc(Cl)c3n2C2CC2)C1. The summed E-state index contributed by atoms with van der Waals surface area (Å²) in [6.45, 7) is 2.30. The Balaban J connectivity index is 1.92. The summed E-state index contributed by atoms with van der Waals surface area (Å²) < 4.78 is 2.36. The van der Waals surface area contributed by atoms with Crippen LogP contribution in [0.2, 0.25) is 5.02 Å². The van der Waals surface area contributed by atoms with Crippen molar-refractivity contribution in [3.8, 4) is 0 Å². The van der Waals surface area contributed by atoms with Crippen LogP contribution in [0.15, 0.2) is 18.2 Å². The predicted octanol–water partition coefficient (Wildman–Crippen LogP) is 4.39. The Kier molecular flexibility index (Phi) is 3.05. The van der Waals surface area contributed by atoms with Gasteiger partial charge in [-0.05, 0) is 43.7 Å². The van der Waals surface area contributed by atoms with Crippen molar-refractivity contribution in [2.75, 3.05) is 0 Å². The van der Waals surface area contributed by atoms with Crippen LogP contribution < -0.4 is 5.73 Å². The molecule has 0 bridgehead atoms. The van der Waals surface area contributed by atoms with Gasteiger partial charge in [-0.1, -0.05) is 37.4 Å². The van der Waals surface area contributed by atoms with Gasteiger partial charge in [-0.3, -0.25) is 0 Å². The fourth-order valence-electron chi connectivity index (χ4n) is 3.94. The summed E-state index contributed by atoms with van der Waals surface area (Å²) >= 11 is 6.46. The first-order valence-corrected chi connectivity index (χ1v) is 8.42. The summed E-state index contributed by atoms with van der Waals surface area (Å²) in [7, 11) is 0. The molecule has 112 valence electrons. The Morgan fingerprint density at radius 1 is 1.33 bits per heavy atom. The van der Waals surface area contributed by atoms with Gasteiger partial charge in [0.2, 0.25) is 0 Å². The van der Waals surface area contributed by atoms with E-state index in [1.165, 1.54) is 25.7 Å². The number of halogens is 1. The number of rotatable bonds is 2. The van der Waals surface area contributed by atoms with E-state index in [2.05, 4.69) is 17.6 Å². The number of imidazole rings is 1. The van der Waals surface area contributed by atoms with Crippen LogP contribution >= 0.6 is 11.6 Å². The van der Waals surface area contributed by atoms with Gasteiger partial charge in [0.25, 0.3) is 0 Å². The molecule has 1 aromatic heterocycles. The summed E-state index contributed by atoms with van der Waals surface area (Å²) in [5, 5.41) is 0.797. The summed E-state index contributed by atoms with van der Waals surface area (Å²) in [5.74, 6) is 1.74. The smallest absolute Gasteiger partial charge is 0.130 e. The molecule has 1 aromatic carbocycles. The first kappa shape index (κ1) is 13.6. The fraction of sp³-hybridized carbons (Fsp3) is 0.588. The first-order valence-electron chi connectivity index (χ1n) is 8.04. The van der Waals surface area contributed by atoms with E-state index in [-0.39, 0.29) is 5.54 Å². The summed E-state index contributed by atoms with van der Waals surface area (Å²) in [4.78, 5) is 4.92. The van der Waals surface area contributed by atoms with Crippen LogP contribution in [0.1, 0.15) is 57.3 Å². The summed E-state index contributed by atoms with van der Waals surface area (Å²) in [6, 6.07) is 6.54. The van der Waals surface area contributed by atoms with E-state index in [0.29, 0.717) is 12.0 Å². The summed E-state index contributed by atoms with van der Waals surface area (Å²) in [5.41, 5.74) is 8.61. The molecular weight excluding hydrogens is 282 g/mol. The number of nitrogens with two attached hydrogens (primary N) is 1. The topological polar surface area (TPSA) is 43.8 Å². The summed E-state index contributed by atoms with van der Waals surface area (Å²) in [6.07, 6.45) is 6.97. The highest BCUT2D eigenvalue weighted by atomic mass is 35.5. The van der Waals surface area contributed by atoms with Gasteiger partial charge in [-0.25, -0.2) is 4.98 Å².